The summed E-state index contributed by atoms with van der Waals surface area (Å²) in [5, 5.41) is 11.0. The lowest BCUT2D eigenvalue weighted by atomic mass is 9.83. The molecule has 0 bridgehead atoms. The molecule has 4 rings (SSSR count). The number of esters is 6. The van der Waals surface area contributed by atoms with Crippen LogP contribution in [0, 0.1) is 27.9 Å². The second kappa shape index (κ2) is 16.1. The van der Waals surface area contributed by atoms with Gasteiger partial charge in [-0.15, -0.1) is 0 Å². The second-order valence-corrected chi connectivity index (χ2v) is 11.8. The smallest absolute Gasteiger partial charge is 0.338 e. The van der Waals surface area contributed by atoms with E-state index in [2.05, 4.69) is 0 Å². The molecule has 1 saturated heterocycles. The van der Waals surface area contributed by atoms with Gasteiger partial charge in [-0.3, -0.25) is 29.3 Å². The van der Waals surface area contributed by atoms with Crippen molar-refractivity contribution < 1.29 is 76.3 Å². The number of fused-ring (bicyclic) bond motifs is 1. The molecule has 2 aliphatic heterocycles. The number of carbonyl (C=O) groups is 6. The van der Waals surface area contributed by atoms with Gasteiger partial charge in [0.2, 0.25) is 12.6 Å². The maximum atomic E-state index is 12.9. The predicted octanol–water partition coefficient (Wildman–Crippen LogP) is 1.91. The summed E-state index contributed by atoms with van der Waals surface area (Å²) < 4.78 is 50.5. The van der Waals surface area contributed by atoms with Crippen molar-refractivity contribution in [3.63, 3.8) is 0 Å². The maximum Gasteiger partial charge on any atom is 0.338 e. The van der Waals surface area contributed by atoms with Crippen LogP contribution in [-0.2, 0) is 66.6 Å². The largest absolute Gasteiger partial charge is 0.472 e. The van der Waals surface area contributed by atoms with Crippen LogP contribution in [0.4, 0.5) is 5.69 Å². The molecule has 18 nitrogen and oxygen atoms in total. The normalized spacial score (nSPS) is 29.9. The monoisotopic (exact) mass is 707 g/mol. The number of nitro groups is 1. The van der Waals surface area contributed by atoms with Crippen LogP contribution in [0.5, 0.6) is 0 Å². The summed E-state index contributed by atoms with van der Waals surface area (Å²) in [5.74, 6) is -6.38. The fourth-order valence-corrected chi connectivity index (χ4v) is 6.33. The van der Waals surface area contributed by atoms with Gasteiger partial charge in [0, 0.05) is 57.6 Å². The zero-order chi connectivity index (χ0) is 36.9. The number of hydrogen-bond donors (Lipinski definition) is 0. The quantitative estimate of drug-likeness (QED) is 0.138. The van der Waals surface area contributed by atoms with E-state index in [0.29, 0.717) is 0 Å². The van der Waals surface area contributed by atoms with Crippen molar-refractivity contribution in [3.8, 4) is 0 Å². The molecule has 0 N–H and O–H groups in total. The minimum atomic E-state index is -1.63. The van der Waals surface area contributed by atoms with Gasteiger partial charge < -0.3 is 42.6 Å². The Labute approximate surface area is 285 Å². The van der Waals surface area contributed by atoms with Crippen molar-refractivity contribution in [2.75, 3.05) is 13.7 Å². The van der Waals surface area contributed by atoms with E-state index in [1.54, 1.807) is 6.92 Å². The molecule has 0 unspecified atom stereocenters. The van der Waals surface area contributed by atoms with E-state index in [1.807, 2.05) is 0 Å². The molecular formula is C32H37NO17. The number of hydrogen-bond acceptors (Lipinski definition) is 17. The van der Waals surface area contributed by atoms with Crippen molar-refractivity contribution >= 4 is 41.5 Å². The number of non-ortho nitro benzene ring substituents is 1. The Morgan fingerprint density at radius 3 is 1.96 bits per heavy atom. The average molecular weight is 708 g/mol. The molecule has 1 aromatic rings. The van der Waals surface area contributed by atoms with Crippen LogP contribution in [0.3, 0.4) is 0 Å². The molecule has 0 aromatic heterocycles. The van der Waals surface area contributed by atoms with Crippen LogP contribution in [0.25, 0.3) is 0 Å². The summed E-state index contributed by atoms with van der Waals surface area (Å²) in [6, 6.07) is 4.56. The van der Waals surface area contributed by atoms with Gasteiger partial charge in [0.1, 0.15) is 18.8 Å². The summed E-state index contributed by atoms with van der Waals surface area (Å²) in [6.07, 6.45) is -8.18. The van der Waals surface area contributed by atoms with Crippen LogP contribution in [-0.4, -0.2) is 97.6 Å². The summed E-state index contributed by atoms with van der Waals surface area (Å²) in [5.41, 5.74) is -0.141. The minimum Gasteiger partial charge on any atom is -0.472 e. The maximum absolute atomic E-state index is 12.9. The van der Waals surface area contributed by atoms with Crippen molar-refractivity contribution in [1.82, 2.24) is 0 Å². The van der Waals surface area contributed by atoms with Crippen molar-refractivity contribution in [2.45, 2.75) is 84.1 Å². The van der Waals surface area contributed by atoms with Gasteiger partial charge >= 0.3 is 35.8 Å². The van der Waals surface area contributed by atoms with E-state index in [1.165, 1.54) is 26.2 Å². The minimum absolute atomic E-state index is 0.0510. The number of nitro benzene ring substituents is 1. The third kappa shape index (κ3) is 8.73. The number of rotatable bonds is 11. The van der Waals surface area contributed by atoms with Gasteiger partial charge in [0.25, 0.3) is 5.69 Å². The first-order valence-electron chi connectivity index (χ1n) is 15.5. The highest BCUT2D eigenvalue weighted by Gasteiger charge is 2.57. The molecule has 272 valence electrons. The molecule has 0 radical (unpaired) electrons. The topological polar surface area (TPSA) is 229 Å². The molecule has 1 saturated carbocycles. The van der Waals surface area contributed by atoms with Gasteiger partial charge in [-0.05, 0) is 18.6 Å². The summed E-state index contributed by atoms with van der Waals surface area (Å²) in [4.78, 5) is 84.6. The van der Waals surface area contributed by atoms with E-state index >= 15 is 0 Å². The predicted molar refractivity (Wildman–Crippen MR) is 161 cm³/mol. The number of nitrogens with zero attached hydrogens (tertiary/aromatic N) is 1. The van der Waals surface area contributed by atoms with Crippen LogP contribution in [0.1, 0.15) is 51.4 Å². The van der Waals surface area contributed by atoms with E-state index in [9.17, 15) is 38.9 Å². The number of ether oxygens (including phenoxy) is 9. The Morgan fingerprint density at radius 1 is 0.820 bits per heavy atom. The first-order chi connectivity index (χ1) is 23.6. The lowest BCUT2D eigenvalue weighted by molar-refractivity contribution is -0.384. The highest BCUT2D eigenvalue weighted by atomic mass is 16.8. The Morgan fingerprint density at radius 2 is 1.40 bits per heavy atom. The van der Waals surface area contributed by atoms with Crippen molar-refractivity contribution in [3.05, 3.63) is 51.8 Å². The lowest BCUT2D eigenvalue weighted by Crippen LogP contribution is -2.63. The molecule has 2 heterocycles. The van der Waals surface area contributed by atoms with E-state index in [4.69, 9.17) is 42.6 Å². The van der Waals surface area contributed by atoms with E-state index in [0.717, 1.165) is 39.2 Å². The van der Waals surface area contributed by atoms with Crippen LogP contribution in [0.15, 0.2) is 36.1 Å². The van der Waals surface area contributed by atoms with Crippen molar-refractivity contribution in [2.24, 2.45) is 17.8 Å². The molecule has 10 atom stereocenters. The van der Waals surface area contributed by atoms with E-state index in [-0.39, 0.29) is 23.2 Å². The van der Waals surface area contributed by atoms with Crippen LogP contribution >= 0.6 is 0 Å². The Balaban J connectivity index is 1.68. The Kier molecular flexibility index (Phi) is 12.1. The molecule has 1 aromatic carbocycles. The molecule has 50 heavy (non-hydrogen) atoms. The molecule has 3 aliphatic rings. The first kappa shape index (κ1) is 37.7. The fourth-order valence-electron chi connectivity index (χ4n) is 6.33. The molecule has 18 heteroatoms. The Bertz CT molecular complexity index is 1520. The van der Waals surface area contributed by atoms with Gasteiger partial charge in [-0.1, -0.05) is 6.92 Å². The summed E-state index contributed by atoms with van der Waals surface area (Å²) >= 11 is 0. The SMILES string of the molecule is COC(=O)C1=CO[C@@H](O[C@@H]2O[C@H](COC(=O)c3ccc([N+](=O)[O-])cc3)[C@@H](OC(C)=O)[C@H](OC(C)=O)[C@H]2OC(C)=O)[C@@H]2[C@@H](C)[C@@H](OC(C)=O)C[C@H]12. The van der Waals surface area contributed by atoms with E-state index < -0.39 is 108 Å². The second-order valence-electron chi connectivity index (χ2n) is 11.8. The zero-order valence-corrected chi connectivity index (χ0v) is 28.0. The molecule has 0 amide bonds. The standard InChI is InChI=1S/C32H37NO17/c1-14-23(45-15(2)34)11-21-22(30(39)42-6)12-44-31(25(14)21)50-32-28(48-18(5)37)27(47-17(4)36)26(46-16(3)35)24(49-32)13-43-29(38)19-7-9-20(10-8-19)33(40)41/h7-10,12,14,21,23-28,31-32H,11,13H2,1-6H3/t14-,21+,23-,24+,25+,26+,27-,28+,31-,32-/m0/s1. The number of methoxy groups -OCH3 is 1. The average Bonchev–Trinajstić information content (AvgIpc) is 3.36. The summed E-state index contributed by atoms with van der Waals surface area (Å²) in [7, 11) is 1.20. The molecule has 0 spiro atoms. The highest BCUT2D eigenvalue weighted by Crippen LogP contribution is 2.49. The third-order valence-electron chi connectivity index (χ3n) is 8.38. The van der Waals surface area contributed by atoms with Crippen molar-refractivity contribution in [1.29, 1.82) is 0 Å². The van der Waals surface area contributed by atoms with Gasteiger partial charge in [-0.25, -0.2) is 9.59 Å². The first-order valence-corrected chi connectivity index (χ1v) is 15.5. The van der Waals surface area contributed by atoms with Gasteiger partial charge in [0.05, 0.1) is 29.4 Å². The highest BCUT2D eigenvalue weighted by molar-refractivity contribution is 5.90. The zero-order valence-electron chi connectivity index (χ0n) is 28.0. The van der Waals surface area contributed by atoms with Crippen LogP contribution < -0.4 is 0 Å². The van der Waals surface area contributed by atoms with Crippen LogP contribution in [0.2, 0.25) is 0 Å². The number of benzene rings is 1. The molecule has 2 fully saturated rings. The van der Waals surface area contributed by atoms with Gasteiger partial charge in [-0.2, -0.15) is 0 Å². The molecule has 1 aliphatic carbocycles. The van der Waals surface area contributed by atoms with Gasteiger partial charge in [0.15, 0.2) is 18.3 Å². The summed E-state index contributed by atoms with van der Waals surface area (Å²) in [6.45, 7) is 5.58. The molecular weight excluding hydrogens is 670 g/mol. The lowest BCUT2D eigenvalue weighted by Gasteiger charge is -2.46. The Hall–Kier alpha value is -5.10. The fraction of sp³-hybridized carbons (Fsp3) is 0.562. The third-order valence-corrected chi connectivity index (χ3v) is 8.38. The number of carbonyl (C=O) groups excluding carboxylic acids is 6.